The minimum absolute atomic E-state index is 0.333. The Labute approximate surface area is 129 Å². The van der Waals surface area contributed by atoms with Crippen molar-refractivity contribution in [3.05, 3.63) is 64.8 Å². The molecule has 0 bridgehead atoms. The number of hydrogen-bond acceptors (Lipinski definition) is 1. The van der Waals surface area contributed by atoms with Crippen LogP contribution in [0.5, 0.6) is 0 Å². The van der Waals surface area contributed by atoms with Crippen molar-refractivity contribution in [2.75, 3.05) is 5.32 Å². The molecule has 1 atom stereocenters. The first kappa shape index (κ1) is 12.8. The number of fused-ring (bicyclic) bond motifs is 3. The summed E-state index contributed by atoms with van der Waals surface area (Å²) in [6.07, 6.45) is 3.52. The van der Waals surface area contributed by atoms with Crippen LogP contribution >= 0.6 is 11.6 Å². The van der Waals surface area contributed by atoms with Gasteiger partial charge in [0.2, 0.25) is 0 Å². The van der Waals surface area contributed by atoms with Crippen LogP contribution < -0.4 is 5.32 Å². The van der Waals surface area contributed by atoms with Gasteiger partial charge in [0.25, 0.3) is 0 Å². The van der Waals surface area contributed by atoms with Gasteiger partial charge in [-0.2, -0.15) is 0 Å². The van der Waals surface area contributed by atoms with Gasteiger partial charge < -0.3 is 10.3 Å². The number of anilines is 1. The number of hydrogen-bond donors (Lipinski definition) is 2. The molecule has 0 saturated heterocycles. The van der Waals surface area contributed by atoms with E-state index in [1.54, 1.807) is 0 Å². The van der Waals surface area contributed by atoms with E-state index in [4.69, 9.17) is 11.6 Å². The number of benzene rings is 2. The first-order chi connectivity index (χ1) is 10.3. The second kappa shape index (κ2) is 5.12. The minimum atomic E-state index is 0.333. The molecule has 1 aliphatic rings. The summed E-state index contributed by atoms with van der Waals surface area (Å²) in [5, 5.41) is 5.76. The fourth-order valence-corrected chi connectivity index (χ4v) is 3.53. The zero-order chi connectivity index (χ0) is 14.2. The minimum Gasteiger partial charge on any atom is -0.377 e. The molecule has 1 aliphatic carbocycles. The molecule has 1 unspecified atom stereocenters. The van der Waals surface area contributed by atoms with Gasteiger partial charge in [-0.05, 0) is 49.1 Å². The molecule has 0 spiro atoms. The predicted octanol–water partition coefficient (Wildman–Crippen LogP) is 5.31. The number of halogens is 1. The SMILES string of the molecule is Clc1cccc(NC2CCCc3c2[nH]c2ccccc32)c1. The monoisotopic (exact) mass is 296 g/mol. The lowest BCUT2D eigenvalue weighted by Gasteiger charge is -2.25. The van der Waals surface area contributed by atoms with Crippen LogP contribution in [0.1, 0.15) is 30.1 Å². The van der Waals surface area contributed by atoms with Gasteiger partial charge in [0.15, 0.2) is 0 Å². The maximum Gasteiger partial charge on any atom is 0.0666 e. The third-order valence-electron chi connectivity index (χ3n) is 4.28. The molecule has 0 fully saturated rings. The smallest absolute Gasteiger partial charge is 0.0666 e. The molecule has 0 radical (unpaired) electrons. The Balaban J connectivity index is 1.73. The summed E-state index contributed by atoms with van der Waals surface area (Å²) in [5.41, 5.74) is 5.13. The average molecular weight is 297 g/mol. The average Bonchev–Trinajstić information content (AvgIpc) is 2.87. The van der Waals surface area contributed by atoms with Crippen molar-refractivity contribution in [3.63, 3.8) is 0 Å². The summed E-state index contributed by atoms with van der Waals surface area (Å²) < 4.78 is 0. The lowest BCUT2D eigenvalue weighted by atomic mass is 9.91. The summed E-state index contributed by atoms with van der Waals surface area (Å²) in [4.78, 5) is 3.61. The summed E-state index contributed by atoms with van der Waals surface area (Å²) in [6, 6.07) is 16.9. The van der Waals surface area contributed by atoms with Crippen LogP contribution in [-0.2, 0) is 6.42 Å². The van der Waals surface area contributed by atoms with Gasteiger partial charge in [-0.15, -0.1) is 0 Å². The molecule has 2 nitrogen and oxygen atoms in total. The first-order valence-corrected chi connectivity index (χ1v) is 7.80. The molecule has 106 valence electrons. The third-order valence-corrected chi connectivity index (χ3v) is 4.52. The summed E-state index contributed by atoms with van der Waals surface area (Å²) >= 11 is 6.08. The second-order valence-corrected chi connectivity index (χ2v) is 6.10. The molecule has 1 aromatic heterocycles. The molecule has 1 heterocycles. The molecule has 21 heavy (non-hydrogen) atoms. The Morgan fingerprint density at radius 3 is 2.90 bits per heavy atom. The zero-order valence-electron chi connectivity index (χ0n) is 11.7. The quantitative estimate of drug-likeness (QED) is 0.659. The Kier molecular flexibility index (Phi) is 3.12. The van der Waals surface area contributed by atoms with E-state index in [0.717, 1.165) is 23.6 Å². The van der Waals surface area contributed by atoms with E-state index < -0.39 is 0 Å². The molecule has 0 aliphatic heterocycles. The lowest BCUT2D eigenvalue weighted by molar-refractivity contribution is 0.593. The number of H-pyrrole nitrogens is 1. The van der Waals surface area contributed by atoms with Gasteiger partial charge in [-0.25, -0.2) is 0 Å². The van der Waals surface area contributed by atoms with E-state index in [0.29, 0.717) is 6.04 Å². The Morgan fingerprint density at radius 1 is 1.10 bits per heavy atom. The molecule has 0 amide bonds. The number of aryl methyl sites for hydroxylation is 1. The number of para-hydroxylation sites is 1. The highest BCUT2D eigenvalue weighted by molar-refractivity contribution is 6.30. The van der Waals surface area contributed by atoms with Gasteiger partial charge in [0.1, 0.15) is 0 Å². The normalized spacial score (nSPS) is 17.7. The molecule has 0 saturated carbocycles. The van der Waals surface area contributed by atoms with Gasteiger partial charge in [0.05, 0.1) is 6.04 Å². The highest BCUT2D eigenvalue weighted by Gasteiger charge is 2.23. The van der Waals surface area contributed by atoms with Crippen LogP contribution in [0.3, 0.4) is 0 Å². The summed E-state index contributed by atoms with van der Waals surface area (Å²) in [6.45, 7) is 0. The van der Waals surface area contributed by atoms with E-state index in [9.17, 15) is 0 Å². The van der Waals surface area contributed by atoms with Crippen LogP contribution in [0.25, 0.3) is 10.9 Å². The molecule has 2 N–H and O–H groups in total. The molecular formula is C18H17ClN2. The molecule has 4 rings (SSSR count). The van der Waals surface area contributed by atoms with E-state index in [1.807, 2.05) is 18.2 Å². The van der Waals surface area contributed by atoms with E-state index >= 15 is 0 Å². The predicted molar refractivity (Wildman–Crippen MR) is 89.1 cm³/mol. The lowest BCUT2D eigenvalue weighted by Crippen LogP contribution is -2.17. The number of rotatable bonds is 2. The Morgan fingerprint density at radius 2 is 2.00 bits per heavy atom. The van der Waals surface area contributed by atoms with Crippen LogP contribution in [-0.4, -0.2) is 4.98 Å². The van der Waals surface area contributed by atoms with Crippen LogP contribution in [0, 0.1) is 0 Å². The largest absolute Gasteiger partial charge is 0.377 e. The van der Waals surface area contributed by atoms with Crippen molar-refractivity contribution in [1.29, 1.82) is 0 Å². The van der Waals surface area contributed by atoms with Crippen molar-refractivity contribution in [1.82, 2.24) is 4.98 Å². The molecule has 3 aromatic rings. The maximum atomic E-state index is 6.08. The number of aromatic amines is 1. The number of aromatic nitrogens is 1. The van der Waals surface area contributed by atoms with Crippen LogP contribution in [0.15, 0.2) is 48.5 Å². The molecule has 2 aromatic carbocycles. The molecular weight excluding hydrogens is 280 g/mol. The highest BCUT2D eigenvalue weighted by atomic mass is 35.5. The topological polar surface area (TPSA) is 27.8 Å². The van der Waals surface area contributed by atoms with Crippen molar-refractivity contribution >= 4 is 28.2 Å². The second-order valence-electron chi connectivity index (χ2n) is 5.66. The van der Waals surface area contributed by atoms with E-state index in [2.05, 4.69) is 40.6 Å². The fraction of sp³-hybridized carbons (Fsp3) is 0.222. The maximum absolute atomic E-state index is 6.08. The fourth-order valence-electron chi connectivity index (χ4n) is 3.34. The van der Waals surface area contributed by atoms with Crippen LogP contribution in [0.2, 0.25) is 5.02 Å². The molecule has 3 heteroatoms. The first-order valence-electron chi connectivity index (χ1n) is 7.43. The third kappa shape index (κ3) is 2.30. The van der Waals surface area contributed by atoms with E-state index in [-0.39, 0.29) is 0 Å². The van der Waals surface area contributed by atoms with E-state index in [1.165, 1.54) is 28.6 Å². The van der Waals surface area contributed by atoms with Crippen molar-refractivity contribution in [2.24, 2.45) is 0 Å². The van der Waals surface area contributed by atoms with Gasteiger partial charge >= 0.3 is 0 Å². The van der Waals surface area contributed by atoms with Crippen molar-refractivity contribution in [2.45, 2.75) is 25.3 Å². The Hall–Kier alpha value is -1.93. The van der Waals surface area contributed by atoms with Crippen LogP contribution in [0.4, 0.5) is 5.69 Å². The highest BCUT2D eigenvalue weighted by Crippen LogP contribution is 2.36. The zero-order valence-corrected chi connectivity index (χ0v) is 12.5. The van der Waals surface area contributed by atoms with Gasteiger partial charge in [-0.1, -0.05) is 35.9 Å². The van der Waals surface area contributed by atoms with Crippen molar-refractivity contribution in [3.8, 4) is 0 Å². The van der Waals surface area contributed by atoms with Gasteiger partial charge in [0, 0.05) is 27.3 Å². The van der Waals surface area contributed by atoms with Gasteiger partial charge in [-0.3, -0.25) is 0 Å². The van der Waals surface area contributed by atoms with Crippen molar-refractivity contribution < 1.29 is 0 Å². The number of nitrogens with one attached hydrogen (secondary N) is 2. The summed E-state index contributed by atoms with van der Waals surface area (Å²) in [7, 11) is 0. The Bertz CT molecular complexity index is 791. The standard InChI is InChI=1S/C18H17ClN2/c19-12-5-3-6-13(11-12)20-17-10-4-8-15-14-7-1-2-9-16(14)21-18(15)17/h1-3,5-7,9,11,17,20-21H,4,8,10H2. The summed E-state index contributed by atoms with van der Waals surface area (Å²) in [5.74, 6) is 0.